The average molecular weight is 1120 g/mol. The summed E-state index contributed by atoms with van der Waals surface area (Å²) in [7, 11) is 0. The monoisotopic (exact) mass is 1120 g/mol. The Kier molecular flexibility index (Phi) is 45.5. The maximum Gasteiger partial charge on any atom is 0.220 e. The van der Waals surface area contributed by atoms with Crippen molar-refractivity contribution in [3.05, 3.63) is 85.1 Å². The standard InChI is InChI=1S/C65H113NO13/c1-3-5-7-9-11-13-15-17-19-21-23-25-26-27-28-29-31-33-35-37-39-41-43-45-47-49-57(70)66-53(54(69)48-46-44-42-40-38-36-34-32-30-24-22-20-18-16-14-12-10-8-6-4-2)52-76-64-62(75)60(73)63(56(51-68)78-64)79-65-61(74)59(72)58(71)55(50-67)77-65/h5,7,11,13,17,19,23,25,30,32,38,40,46,48,53-56,58-65,67-69,71-75H,3-4,6,8-10,12,14-16,18,20-22,24,26-29,31,33-37,39,41-45,47,49-52H2,1-2H3,(H,66,70)/b7-5-,13-11-,19-17-,25-23-,32-30+,40-38+,48-46+. The quantitative estimate of drug-likeness (QED) is 0.0204. The number of allylic oxidation sites excluding steroid dienone is 13. The molecule has 2 heterocycles. The molecule has 14 nitrogen and oxygen atoms in total. The molecule has 0 bridgehead atoms. The molecule has 2 aliphatic heterocycles. The van der Waals surface area contributed by atoms with Gasteiger partial charge in [-0.25, -0.2) is 0 Å². The van der Waals surface area contributed by atoms with Crippen LogP contribution in [0.1, 0.15) is 226 Å². The van der Waals surface area contributed by atoms with Crippen LogP contribution >= 0.6 is 0 Å². The molecule has 79 heavy (non-hydrogen) atoms. The number of hydrogen-bond donors (Lipinski definition) is 9. The fourth-order valence-corrected chi connectivity index (χ4v) is 9.78. The molecular formula is C65H113NO13. The Hall–Kier alpha value is -2.83. The summed E-state index contributed by atoms with van der Waals surface area (Å²) in [6.45, 7) is 2.66. The molecule has 12 atom stereocenters. The van der Waals surface area contributed by atoms with E-state index in [1.165, 1.54) is 116 Å². The minimum Gasteiger partial charge on any atom is -0.394 e. The van der Waals surface area contributed by atoms with Gasteiger partial charge in [0.15, 0.2) is 12.6 Å². The van der Waals surface area contributed by atoms with Crippen molar-refractivity contribution in [3.63, 3.8) is 0 Å². The third-order valence-corrected chi connectivity index (χ3v) is 14.8. The lowest BCUT2D eigenvalue weighted by atomic mass is 9.97. The third-order valence-electron chi connectivity index (χ3n) is 14.8. The van der Waals surface area contributed by atoms with Gasteiger partial charge in [0.25, 0.3) is 0 Å². The first-order valence-corrected chi connectivity index (χ1v) is 31.3. The van der Waals surface area contributed by atoms with Crippen LogP contribution in [0.15, 0.2) is 85.1 Å². The van der Waals surface area contributed by atoms with Gasteiger partial charge in [-0.15, -0.1) is 0 Å². The normalized spacial score (nSPS) is 25.0. The predicted molar refractivity (Wildman–Crippen MR) is 318 cm³/mol. The Labute approximate surface area is 478 Å². The lowest BCUT2D eigenvalue weighted by Gasteiger charge is -2.46. The second-order valence-corrected chi connectivity index (χ2v) is 21.8. The molecule has 0 aromatic carbocycles. The Morgan fingerprint density at radius 3 is 1.39 bits per heavy atom. The highest BCUT2D eigenvalue weighted by Crippen LogP contribution is 2.30. The number of aliphatic hydroxyl groups excluding tert-OH is 8. The van der Waals surface area contributed by atoms with E-state index in [1.54, 1.807) is 6.08 Å². The summed E-state index contributed by atoms with van der Waals surface area (Å²) >= 11 is 0. The van der Waals surface area contributed by atoms with Crippen LogP contribution in [0.2, 0.25) is 0 Å². The van der Waals surface area contributed by atoms with Crippen LogP contribution in [0, 0.1) is 0 Å². The lowest BCUT2D eigenvalue weighted by Crippen LogP contribution is -2.65. The molecular weight excluding hydrogens is 1000 g/mol. The summed E-state index contributed by atoms with van der Waals surface area (Å²) in [5.74, 6) is -0.258. The largest absolute Gasteiger partial charge is 0.394 e. The zero-order chi connectivity index (χ0) is 57.4. The topological polar surface area (TPSA) is 228 Å². The molecule has 14 heteroatoms. The Morgan fingerprint density at radius 2 is 0.886 bits per heavy atom. The number of carbonyl (C=O) groups excluding carboxylic acids is 1. The molecule has 0 aromatic rings. The molecule has 2 saturated heterocycles. The van der Waals surface area contributed by atoms with Gasteiger partial charge in [0, 0.05) is 6.42 Å². The molecule has 0 aliphatic carbocycles. The fraction of sp³-hybridized carbons (Fsp3) is 0.769. The second kappa shape index (κ2) is 49.8. The zero-order valence-corrected chi connectivity index (χ0v) is 49.1. The first-order chi connectivity index (χ1) is 38.6. The highest BCUT2D eigenvalue weighted by Gasteiger charge is 2.51. The zero-order valence-electron chi connectivity index (χ0n) is 49.1. The highest BCUT2D eigenvalue weighted by molar-refractivity contribution is 5.76. The molecule has 9 N–H and O–H groups in total. The molecule has 0 spiro atoms. The van der Waals surface area contributed by atoms with Crippen molar-refractivity contribution in [1.29, 1.82) is 0 Å². The number of rotatable bonds is 49. The van der Waals surface area contributed by atoms with Crippen LogP contribution in [-0.2, 0) is 23.7 Å². The van der Waals surface area contributed by atoms with Crippen LogP contribution in [0.25, 0.3) is 0 Å². The number of aliphatic hydroxyl groups is 8. The van der Waals surface area contributed by atoms with E-state index >= 15 is 0 Å². The van der Waals surface area contributed by atoms with E-state index in [9.17, 15) is 45.6 Å². The summed E-state index contributed by atoms with van der Waals surface area (Å²) in [4.78, 5) is 13.3. The van der Waals surface area contributed by atoms with E-state index in [4.69, 9.17) is 18.9 Å². The van der Waals surface area contributed by atoms with E-state index in [0.717, 1.165) is 77.0 Å². The van der Waals surface area contributed by atoms with Crippen molar-refractivity contribution in [2.24, 2.45) is 0 Å². The summed E-state index contributed by atoms with van der Waals surface area (Å²) in [5, 5.41) is 87.2. The van der Waals surface area contributed by atoms with Gasteiger partial charge in [-0.2, -0.15) is 0 Å². The third kappa shape index (κ3) is 35.0. The molecule has 2 fully saturated rings. The SMILES string of the molecule is CC/C=C\C/C=C\C/C=C\C/C=C\CCCCCCCCCCCCCCC(=O)NC(COC1OC(CO)C(OC2OC(CO)C(O)C(O)C2O)C(O)C1O)C(O)/C=C/CC/C=C/CC/C=C/CCCCCCCCCCCC. The van der Waals surface area contributed by atoms with Crippen molar-refractivity contribution in [1.82, 2.24) is 5.32 Å². The van der Waals surface area contributed by atoms with Crippen molar-refractivity contribution in [3.8, 4) is 0 Å². The van der Waals surface area contributed by atoms with E-state index in [0.29, 0.717) is 12.8 Å². The van der Waals surface area contributed by atoms with Crippen LogP contribution in [0.4, 0.5) is 0 Å². The van der Waals surface area contributed by atoms with E-state index in [-0.39, 0.29) is 18.9 Å². The Bertz CT molecular complexity index is 1650. The number of unbranched alkanes of at least 4 members (excludes halogenated alkanes) is 24. The number of hydrogen-bond acceptors (Lipinski definition) is 13. The summed E-state index contributed by atoms with van der Waals surface area (Å²) in [6.07, 6.45) is 50.5. The van der Waals surface area contributed by atoms with Gasteiger partial charge in [0.2, 0.25) is 5.91 Å². The molecule has 12 unspecified atom stereocenters. The van der Waals surface area contributed by atoms with Crippen molar-refractivity contribution < 1.29 is 64.6 Å². The molecule has 2 aliphatic rings. The van der Waals surface area contributed by atoms with Gasteiger partial charge < -0.3 is 65.1 Å². The molecule has 1 amide bonds. The van der Waals surface area contributed by atoms with E-state index in [1.807, 2.05) is 6.08 Å². The summed E-state index contributed by atoms with van der Waals surface area (Å²) in [6, 6.07) is -0.944. The van der Waals surface area contributed by atoms with E-state index < -0.39 is 86.8 Å². The first kappa shape index (κ1) is 72.3. The molecule has 456 valence electrons. The summed E-state index contributed by atoms with van der Waals surface area (Å²) < 4.78 is 22.8. The minimum atomic E-state index is -1.80. The summed E-state index contributed by atoms with van der Waals surface area (Å²) in [5.41, 5.74) is 0. The minimum absolute atomic E-state index is 0.258. The fourth-order valence-electron chi connectivity index (χ4n) is 9.78. The van der Waals surface area contributed by atoms with Gasteiger partial charge in [-0.1, -0.05) is 221 Å². The maximum absolute atomic E-state index is 13.3. The highest BCUT2D eigenvalue weighted by atomic mass is 16.7. The van der Waals surface area contributed by atoms with Gasteiger partial charge in [0.1, 0.15) is 48.8 Å². The smallest absolute Gasteiger partial charge is 0.220 e. The number of ether oxygens (including phenoxy) is 4. The van der Waals surface area contributed by atoms with Gasteiger partial charge in [-0.05, 0) is 83.5 Å². The Morgan fingerprint density at radius 1 is 0.468 bits per heavy atom. The average Bonchev–Trinajstić information content (AvgIpc) is 3.47. The van der Waals surface area contributed by atoms with Gasteiger partial charge in [0.05, 0.1) is 32.0 Å². The Balaban J connectivity index is 1.76. The molecule has 0 saturated carbocycles. The maximum atomic E-state index is 13.3. The van der Waals surface area contributed by atoms with Gasteiger partial charge >= 0.3 is 0 Å². The number of carbonyl (C=O) groups is 1. The molecule has 0 aromatic heterocycles. The number of amides is 1. The second-order valence-electron chi connectivity index (χ2n) is 21.8. The molecule has 0 radical (unpaired) electrons. The lowest BCUT2D eigenvalue weighted by molar-refractivity contribution is -0.359. The molecule has 2 rings (SSSR count). The van der Waals surface area contributed by atoms with Gasteiger partial charge in [-0.3, -0.25) is 4.79 Å². The van der Waals surface area contributed by atoms with E-state index in [2.05, 4.69) is 92.1 Å². The van der Waals surface area contributed by atoms with Crippen molar-refractivity contribution in [2.75, 3.05) is 19.8 Å². The predicted octanol–water partition coefficient (Wildman–Crippen LogP) is 11.3. The van der Waals surface area contributed by atoms with Crippen LogP contribution < -0.4 is 5.32 Å². The van der Waals surface area contributed by atoms with Crippen LogP contribution in [-0.4, -0.2) is 140 Å². The van der Waals surface area contributed by atoms with Crippen LogP contribution in [0.3, 0.4) is 0 Å². The first-order valence-electron chi connectivity index (χ1n) is 31.3. The van der Waals surface area contributed by atoms with Crippen molar-refractivity contribution in [2.45, 2.75) is 299 Å². The van der Waals surface area contributed by atoms with Crippen LogP contribution in [0.5, 0.6) is 0 Å². The van der Waals surface area contributed by atoms with Crippen molar-refractivity contribution >= 4 is 5.91 Å². The number of nitrogens with one attached hydrogen (secondary N) is 1.